The molecule has 1 aliphatic carbocycles. The van der Waals surface area contributed by atoms with Gasteiger partial charge in [-0.25, -0.2) is 0 Å². The lowest BCUT2D eigenvalue weighted by atomic mass is 9.89. The minimum atomic E-state index is -0.511. The second-order valence-electron chi connectivity index (χ2n) is 8.07. The predicted octanol–water partition coefficient (Wildman–Crippen LogP) is 3.52. The molecule has 0 unspecified atom stereocenters. The summed E-state index contributed by atoms with van der Waals surface area (Å²) in [5, 5.41) is 30.6. The van der Waals surface area contributed by atoms with Crippen LogP contribution < -0.4 is 0 Å². The summed E-state index contributed by atoms with van der Waals surface area (Å²) >= 11 is 0. The summed E-state index contributed by atoms with van der Waals surface area (Å²) in [6.07, 6.45) is 15.4. The van der Waals surface area contributed by atoms with E-state index in [9.17, 15) is 15.3 Å². The number of unbranched alkanes of at least 4 members (excludes halogenated alkanes) is 4. The normalized spacial score (nSPS) is 28.0. The first-order valence-electron chi connectivity index (χ1n) is 10.5. The Morgan fingerprint density at radius 3 is 2.50 bits per heavy atom. The van der Waals surface area contributed by atoms with Crippen molar-refractivity contribution in [2.24, 2.45) is 11.8 Å². The number of aliphatic hydroxyl groups is 3. The molecule has 1 fully saturated rings. The molecule has 5 atom stereocenters. The topological polar surface area (TPSA) is 63.9 Å². The Balaban J connectivity index is 2.41. The van der Waals surface area contributed by atoms with Gasteiger partial charge in [-0.15, -0.1) is 0 Å². The van der Waals surface area contributed by atoms with E-state index in [1.807, 2.05) is 12.2 Å². The first kappa shape index (κ1) is 23.4. The Bertz CT molecular complexity index is 408. The maximum atomic E-state index is 10.3. The molecular formula is C22H41NO3. The van der Waals surface area contributed by atoms with Crippen molar-refractivity contribution in [3.63, 3.8) is 0 Å². The molecule has 0 amide bonds. The van der Waals surface area contributed by atoms with Gasteiger partial charge >= 0.3 is 0 Å². The van der Waals surface area contributed by atoms with Crippen molar-refractivity contribution < 1.29 is 15.3 Å². The smallest absolute Gasteiger partial charge is 0.0721 e. The Morgan fingerprint density at radius 1 is 1.04 bits per heavy atom. The predicted molar refractivity (Wildman–Crippen MR) is 109 cm³/mol. The minimum absolute atomic E-state index is 0.0436. The summed E-state index contributed by atoms with van der Waals surface area (Å²) in [6, 6.07) is 0. The van der Waals surface area contributed by atoms with Crippen molar-refractivity contribution in [3.8, 4) is 0 Å². The average Bonchev–Trinajstić information content (AvgIpc) is 2.85. The monoisotopic (exact) mass is 367 g/mol. The van der Waals surface area contributed by atoms with Gasteiger partial charge in [0, 0.05) is 12.3 Å². The molecule has 0 bridgehead atoms. The van der Waals surface area contributed by atoms with E-state index in [2.05, 4.69) is 38.1 Å². The standard InChI is InChI=1S/C22H41NO3/c1-4-5-9-12-18(24)14-15-20-19(21(25)17-22(20)26)13-10-7-6-8-11-16-23(2)3/h7,10,14-15,18-22,24-26H,4-6,8-9,11-13,16-17H2,1-3H3/b10-7-,15-14+/t18-,19+,20+,21-,22+/m0/s1. The van der Waals surface area contributed by atoms with Crippen molar-refractivity contribution >= 4 is 0 Å². The van der Waals surface area contributed by atoms with Crippen molar-refractivity contribution in [1.82, 2.24) is 4.90 Å². The highest BCUT2D eigenvalue weighted by molar-refractivity contribution is 5.06. The van der Waals surface area contributed by atoms with Crippen molar-refractivity contribution in [1.29, 1.82) is 0 Å². The van der Waals surface area contributed by atoms with E-state index in [1.165, 1.54) is 12.8 Å². The molecule has 1 saturated carbocycles. The Morgan fingerprint density at radius 2 is 1.81 bits per heavy atom. The van der Waals surface area contributed by atoms with Gasteiger partial charge in [0.15, 0.2) is 0 Å². The maximum Gasteiger partial charge on any atom is 0.0721 e. The van der Waals surface area contributed by atoms with Gasteiger partial charge in [0.2, 0.25) is 0 Å². The fraction of sp³-hybridized carbons (Fsp3) is 0.818. The van der Waals surface area contributed by atoms with Gasteiger partial charge in [0.1, 0.15) is 0 Å². The van der Waals surface area contributed by atoms with E-state index in [-0.39, 0.29) is 11.8 Å². The lowest BCUT2D eigenvalue weighted by Gasteiger charge is -2.19. The Hall–Kier alpha value is -0.680. The summed E-state index contributed by atoms with van der Waals surface area (Å²) in [7, 11) is 4.19. The van der Waals surface area contributed by atoms with Crippen molar-refractivity contribution in [2.75, 3.05) is 20.6 Å². The SMILES string of the molecule is CCCCC[C@H](O)/C=C/[C@@H]1[C@@H](C/C=C\CCCCN(C)C)[C@@H](O)C[C@H]1O. The fourth-order valence-corrected chi connectivity index (χ4v) is 3.72. The summed E-state index contributed by atoms with van der Waals surface area (Å²) in [5.41, 5.74) is 0. The number of aliphatic hydroxyl groups excluding tert-OH is 3. The molecule has 0 heterocycles. The summed E-state index contributed by atoms with van der Waals surface area (Å²) in [6.45, 7) is 3.27. The second-order valence-corrected chi connectivity index (χ2v) is 8.07. The van der Waals surface area contributed by atoms with Crippen LogP contribution in [0.4, 0.5) is 0 Å². The van der Waals surface area contributed by atoms with Gasteiger partial charge < -0.3 is 20.2 Å². The second kappa shape index (κ2) is 13.5. The number of allylic oxidation sites excluding steroid dienone is 2. The molecule has 4 nitrogen and oxygen atoms in total. The first-order chi connectivity index (χ1) is 12.5. The zero-order valence-corrected chi connectivity index (χ0v) is 17.1. The van der Waals surface area contributed by atoms with E-state index in [0.29, 0.717) is 6.42 Å². The summed E-state index contributed by atoms with van der Waals surface area (Å²) in [4.78, 5) is 2.20. The molecule has 0 saturated heterocycles. The molecule has 0 spiro atoms. The third kappa shape index (κ3) is 9.31. The van der Waals surface area contributed by atoms with Gasteiger partial charge in [-0.1, -0.05) is 50.5 Å². The van der Waals surface area contributed by atoms with Crippen LogP contribution in [0, 0.1) is 11.8 Å². The van der Waals surface area contributed by atoms with E-state index < -0.39 is 18.3 Å². The van der Waals surface area contributed by atoms with Gasteiger partial charge in [-0.2, -0.15) is 0 Å². The Kier molecular flexibility index (Phi) is 12.1. The number of rotatable bonds is 13. The first-order valence-corrected chi connectivity index (χ1v) is 10.5. The number of hydrogen-bond donors (Lipinski definition) is 3. The van der Waals surface area contributed by atoms with Crippen LogP contribution in [-0.4, -0.2) is 59.2 Å². The third-order valence-corrected chi connectivity index (χ3v) is 5.38. The molecular weight excluding hydrogens is 326 g/mol. The Labute approximate surface area is 160 Å². The molecule has 0 aromatic rings. The molecule has 0 aliphatic heterocycles. The van der Waals surface area contributed by atoms with E-state index in [4.69, 9.17) is 0 Å². The van der Waals surface area contributed by atoms with E-state index >= 15 is 0 Å². The molecule has 0 aromatic heterocycles. The molecule has 1 aliphatic rings. The fourth-order valence-electron chi connectivity index (χ4n) is 3.72. The van der Waals surface area contributed by atoms with Gasteiger partial charge in [0.25, 0.3) is 0 Å². The van der Waals surface area contributed by atoms with Crippen LogP contribution in [-0.2, 0) is 0 Å². The molecule has 3 N–H and O–H groups in total. The van der Waals surface area contributed by atoms with Crippen molar-refractivity contribution in [3.05, 3.63) is 24.3 Å². The maximum absolute atomic E-state index is 10.3. The highest BCUT2D eigenvalue weighted by atomic mass is 16.3. The van der Waals surface area contributed by atoms with Crippen LogP contribution in [0.25, 0.3) is 0 Å². The van der Waals surface area contributed by atoms with Crippen LogP contribution in [0.3, 0.4) is 0 Å². The molecule has 152 valence electrons. The van der Waals surface area contributed by atoms with Crippen LogP contribution >= 0.6 is 0 Å². The zero-order chi connectivity index (χ0) is 19.4. The van der Waals surface area contributed by atoms with Crippen LogP contribution in [0.15, 0.2) is 24.3 Å². The molecule has 1 rings (SSSR count). The molecule has 4 heteroatoms. The van der Waals surface area contributed by atoms with Gasteiger partial charge in [0.05, 0.1) is 18.3 Å². The third-order valence-electron chi connectivity index (χ3n) is 5.38. The van der Waals surface area contributed by atoms with Crippen molar-refractivity contribution in [2.45, 2.75) is 83.0 Å². The minimum Gasteiger partial charge on any atom is -0.393 e. The van der Waals surface area contributed by atoms with Crippen LogP contribution in [0.2, 0.25) is 0 Å². The average molecular weight is 368 g/mol. The van der Waals surface area contributed by atoms with E-state index in [1.54, 1.807) is 0 Å². The summed E-state index contributed by atoms with van der Waals surface area (Å²) < 4.78 is 0. The quantitative estimate of drug-likeness (QED) is 0.344. The highest BCUT2D eigenvalue weighted by Crippen LogP contribution is 2.36. The molecule has 26 heavy (non-hydrogen) atoms. The number of hydrogen-bond acceptors (Lipinski definition) is 4. The highest BCUT2D eigenvalue weighted by Gasteiger charge is 2.39. The zero-order valence-electron chi connectivity index (χ0n) is 17.1. The summed E-state index contributed by atoms with van der Waals surface area (Å²) in [5.74, 6) is -0.0219. The van der Waals surface area contributed by atoms with Gasteiger partial charge in [-0.05, 0) is 58.7 Å². The lowest BCUT2D eigenvalue weighted by molar-refractivity contribution is 0.120. The number of nitrogens with zero attached hydrogens (tertiary/aromatic N) is 1. The van der Waals surface area contributed by atoms with E-state index in [0.717, 1.165) is 45.1 Å². The largest absolute Gasteiger partial charge is 0.393 e. The molecule has 0 radical (unpaired) electrons. The van der Waals surface area contributed by atoms with Gasteiger partial charge in [-0.3, -0.25) is 0 Å². The lowest BCUT2D eigenvalue weighted by Crippen LogP contribution is -2.20. The molecule has 0 aromatic carbocycles. The van der Waals surface area contributed by atoms with Crippen LogP contribution in [0.1, 0.15) is 64.7 Å². The van der Waals surface area contributed by atoms with Crippen LogP contribution in [0.5, 0.6) is 0 Å².